The molecule has 0 aliphatic carbocycles. The Labute approximate surface area is 120 Å². The summed E-state index contributed by atoms with van der Waals surface area (Å²) in [6, 6.07) is -0.263. The van der Waals surface area contributed by atoms with Gasteiger partial charge in [-0.25, -0.2) is 4.98 Å². The number of aromatic nitrogens is 1. The molecule has 20 heavy (non-hydrogen) atoms. The minimum atomic E-state index is -1.09. The lowest BCUT2D eigenvalue weighted by Gasteiger charge is -2.39. The molecule has 0 aromatic carbocycles. The van der Waals surface area contributed by atoms with Crippen LogP contribution >= 0.6 is 11.3 Å². The smallest absolute Gasteiger partial charge is 0.274 e. The molecule has 1 fully saturated rings. The maximum atomic E-state index is 12.4. The molecule has 1 aliphatic rings. The van der Waals surface area contributed by atoms with E-state index in [1.54, 1.807) is 26.2 Å². The summed E-state index contributed by atoms with van der Waals surface area (Å²) >= 11 is 1.28. The number of carbonyl (C=O) groups excluding carboxylic acids is 3. The summed E-state index contributed by atoms with van der Waals surface area (Å²) in [4.78, 5) is 41.1. The van der Waals surface area contributed by atoms with E-state index in [1.165, 1.54) is 16.2 Å². The molecule has 1 atom stereocenters. The monoisotopic (exact) mass is 296 g/mol. The van der Waals surface area contributed by atoms with E-state index in [9.17, 15) is 14.4 Å². The molecular formula is C12H16N4O3S. The Kier molecular flexibility index (Phi) is 3.61. The summed E-state index contributed by atoms with van der Waals surface area (Å²) in [5, 5.41) is 4.45. The van der Waals surface area contributed by atoms with Gasteiger partial charge in [-0.2, -0.15) is 0 Å². The number of nitrogens with one attached hydrogen (secondary N) is 1. The van der Waals surface area contributed by atoms with Crippen molar-refractivity contribution in [2.75, 3.05) is 6.54 Å². The molecule has 8 heteroatoms. The summed E-state index contributed by atoms with van der Waals surface area (Å²) in [6.07, 6.45) is 0. The Balaban J connectivity index is 2.30. The maximum Gasteiger partial charge on any atom is 0.274 e. The van der Waals surface area contributed by atoms with Crippen molar-refractivity contribution in [1.29, 1.82) is 0 Å². The van der Waals surface area contributed by atoms with Gasteiger partial charge in [0.25, 0.3) is 11.8 Å². The average Bonchev–Trinajstić information content (AvgIpc) is 2.83. The van der Waals surface area contributed by atoms with Crippen LogP contribution in [0.4, 0.5) is 0 Å². The molecule has 1 aromatic heterocycles. The van der Waals surface area contributed by atoms with Gasteiger partial charge >= 0.3 is 0 Å². The van der Waals surface area contributed by atoms with Crippen LogP contribution in [0.15, 0.2) is 5.38 Å². The second kappa shape index (κ2) is 4.95. The number of nitrogens with two attached hydrogens (primary N) is 1. The molecule has 3 amide bonds. The van der Waals surface area contributed by atoms with Crippen molar-refractivity contribution in [3.8, 4) is 0 Å². The first-order valence-corrected chi connectivity index (χ1v) is 6.98. The van der Waals surface area contributed by atoms with Gasteiger partial charge in [-0.1, -0.05) is 0 Å². The molecule has 1 aliphatic heterocycles. The van der Waals surface area contributed by atoms with Gasteiger partial charge < -0.3 is 10.6 Å². The van der Waals surface area contributed by atoms with Crippen LogP contribution in [0, 0.1) is 0 Å². The SMILES string of the molecule is CC(N)c1nc(C(=O)N2CC(=O)NC(=O)C2(C)C)cs1. The third-order valence-electron chi connectivity index (χ3n) is 3.16. The van der Waals surface area contributed by atoms with Crippen LogP contribution in [0.1, 0.15) is 42.3 Å². The lowest BCUT2D eigenvalue weighted by Crippen LogP contribution is -2.65. The second-order valence-corrected chi connectivity index (χ2v) is 6.08. The zero-order chi connectivity index (χ0) is 15.1. The van der Waals surface area contributed by atoms with Crippen molar-refractivity contribution in [3.05, 3.63) is 16.1 Å². The standard InChI is InChI=1S/C12H16N4O3S/c1-6(13)9-14-7(5-20-9)10(18)16-4-8(17)15-11(19)12(16,2)3/h5-6H,4,13H2,1-3H3,(H,15,17,19). The molecule has 0 spiro atoms. The fourth-order valence-corrected chi connectivity index (χ4v) is 2.59. The highest BCUT2D eigenvalue weighted by Gasteiger charge is 2.44. The van der Waals surface area contributed by atoms with Crippen molar-refractivity contribution >= 4 is 29.1 Å². The molecule has 108 valence electrons. The van der Waals surface area contributed by atoms with Gasteiger partial charge in [0.05, 0.1) is 6.04 Å². The van der Waals surface area contributed by atoms with E-state index in [4.69, 9.17) is 5.73 Å². The maximum absolute atomic E-state index is 12.4. The van der Waals surface area contributed by atoms with E-state index in [1.807, 2.05) is 0 Å². The predicted molar refractivity (Wildman–Crippen MR) is 73.0 cm³/mol. The van der Waals surface area contributed by atoms with Crippen molar-refractivity contribution in [2.24, 2.45) is 5.73 Å². The van der Waals surface area contributed by atoms with Crippen molar-refractivity contribution in [2.45, 2.75) is 32.4 Å². The third-order valence-corrected chi connectivity index (χ3v) is 4.21. The number of thiazole rings is 1. The normalized spacial score (nSPS) is 19.7. The highest BCUT2D eigenvalue weighted by molar-refractivity contribution is 7.09. The van der Waals surface area contributed by atoms with E-state index in [0.29, 0.717) is 5.01 Å². The zero-order valence-electron chi connectivity index (χ0n) is 11.5. The van der Waals surface area contributed by atoms with Crippen LogP contribution in [0.5, 0.6) is 0 Å². The van der Waals surface area contributed by atoms with Crippen LogP contribution in [-0.4, -0.2) is 39.7 Å². The van der Waals surface area contributed by atoms with Crippen LogP contribution in [0.3, 0.4) is 0 Å². The summed E-state index contributed by atoms with van der Waals surface area (Å²) in [5.41, 5.74) is 4.82. The van der Waals surface area contributed by atoms with Gasteiger partial charge in [0.2, 0.25) is 5.91 Å². The number of amides is 3. The molecule has 3 N–H and O–H groups in total. The minimum Gasteiger partial charge on any atom is -0.322 e. The molecule has 1 saturated heterocycles. The number of hydrogen-bond acceptors (Lipinski definition) is 6. The minimum absolute atomic E-state index is 0.164. The Hall–Kier alpha value is -1.80. The predicted octanol–water partition coefficient (Wildman–Crippen LogP) is 0.0400. The van der Waals surface area contributed by atoms with Gasteiger partial charge in [0.1, 0.15) is 22.8 Å². The fourth-order valence-electron chi connectivity index (χ4n) is 1.84. The highest BCUT2D eigenvalue weighted by atomic mass is 32.1. The number of rotatable bonds is 2. The van der Waals surface area contributed by atoms with Crippen molar-refractivity contribution < 1.29 is 14.4 Å². The van der Waals surface area contributed by atoms with Gasteiger partial charge in [-0.3, -0.25) is 19.7 Å². The Bertz CT molecular complexity index is 579. The van der Waals surface area contributed by atoms with E-state index >= 15 is 0 Å². The summed E-state index contributed by atoms with van der Waals surface area (Å²) in [6.45, 7) is 4.79. The van der Waals surface area contributed by atoms with Gasteiger partial charge in [-0.15, -0.1) is 11.3 Å². The van der Waals surface area contributed by atoms with E-state index in [0.717, 1.165) is 0 Å². The first-order chi connectivity index (χ1) is 9.23. The van der Waals surface area contributed by atoms with Crippen molar-refractivity contribution in [3.63, 3.8) is 0 Å². The number of carbonyl (C=O) groups is 3. The molecule has 2 heterocycles. The van der Waals surface area contributed by atoms with E-state index < -0.39 is 23.3 Å². The lowest BCUT2D eigenvalue weighted by molar-refractivity contribution is -0.143. The molecule has 0 bridgehead atoms. The molecule has 2 rings (SSSR count). The topological polar surface area (TPSA) is 105 Å². The summed E-state index contributed by atoms with van der Waals surface area (Å²) in [7, 11) is 0. The lowest BCUT2D eigenvalue weighted by atomic mass is 9.98. The largest absolute Gasteiger partial charge is 0.322 e. The summed E-state index contributed by atoms with van der Waals surface area (Å²) in [5.74, 6) is -1.43. The molecule has 1 aromatic rings. The molecule has 0 radical (unpaired) electrons. The number of hydrogen-bond donors (Lipinski definition) is 2. The van der Waals surface area contributed by atoms with Crippen LogP contribution < -0.4 is 11.1 Å². The third kappa shape index (κ3) is 2.44. The number of nitrogens with zero attached hydrogens (tertiary/aromatic N) is 2. The molecule has 7 nitrogen and oxygen atoms in total. The van der Waals surface area contributed by atoms with E-state index in [2.05, 4.69) is 10.3 Å². The average molecular weight is 296 g/mol. The van der Waals surface area contributed by atoms with Crippen LogP contribution in [0.25, 0.3) is 0 Å². The first kappa shape index (κ1) is 14.6. The molecule has 1 unspecified atom stereocenters. The van der Waals surface area contributed by atoms with Crippen molar-refractivity contribution in [1.82, 2.24) is 15.2 Å². The molecular weight excluding hydrogens is 280 g/mol. The van der Waals surface area contributed by atoms with Crippen LogP contribution in [-0.2, 0) is 9.59 Å². The Morgan fingerprint density at radius 2 is 2.20 bits per heavy atom. The van der Waals surface area contributed by atoms with Gasteiger partial charge in [0, 0.05) is 5.38 Å². The Morgan fingerprint density at radius 3 is 2.75 bits per heavy atom. The summed E-state index contributed by atoms with van der Waals surface area (Å²) < 4.78 is 0. The molecule has 0 saturated carbocycles. The van der Waals surface area contributed by atoms with E-state index in [-0.39, 0.29) is 18.3 Å². The zero-order valence-corrected chi connectivity index (χ0v) is 12.3. The second-order valence-electron chi connectivity index (χ2n) is 5.19. The number of imide groups is 1. The highest BCUT2D eigenvalue weighted by Crippen LogP contribution is 2.23. The Morgan fingerprint density at radius 1 is 1.55 bits per heavy atom. The fraction of sp³-hybridized carbons (Fsp3) is 0.500. The quantitative estimate of drug-likeness (QED) is 0.750. The first-order valence-electron chi connectivity index (χ1n) is 6.10. The number of piperazine rings is 1. The van der Waals surface area contributed by atoms with Crippen LogP contribution in [0.2, 0.25) is 0 Å². The van der Waals surface area contributed by atoms with Gasteiger partial charge in [0.15, 0.2) is 0 Å². The van der Waals surface area contributed by atoms with Gasteiger partial charge in [-0.05, 0) is 20.8 Å².